The van der Waals surface area contributed by atoms with Crippen molar-refractivity contribution in [1.82, 2.24) is 0 Å². The molecule has 1 aliphatic heterocycles. The van der Waals surface area contributed by atoms with Gasteiger partial charge in [0.05, 0.1) is 5.36 Å². The molecule has 1 amide bonds. The summed E-state index contributed by atoms with van der Waals surface area (Å²) in [5, 5.41) is 0.719. The first kappa shape index (κ1) is 14.5. The van der Waals surface area contributed by atoms with Gasteiger partial charge in [-0.25, -0.2) is 9.18 Å². The summed E-state index contributed by atoms with van der Waals surface area (Å²) >= 11 is 0. The minimum absolute atomic E-state index is 0.0678. The second-order valence-corrected chi connectivity index (χ2v) is 5.33. The van der Waals surface area contributed by atoms with Crippen LogP contribution in [-0.4, -0.2) is 30.3 Å². The van der Waals surface area contributed by atoms with Gasteiger partial charge in [-0.3, -0.25) is 14.1 Å². The Hall–Kier alpha value is -1.90. The monoisotopic (exact) mass is 297 g/mol. The number of fused-ring (bicyclic) bond motifs is 1. The van der Waals surface area contributed by atoms with E-state index in [0.29, 0.717) is 10.6 Å². The number of rotatable bonds is 3. The van der Waals surface area contributed by atoms with Gasteiger partial charge >= 0.3 is 10.4 Å². The van der Waals surface area contributed by atoms with Crippen LogP contribution >= 0.6 is 0 Å². The van der Waals surface area contributed by atoms with Crippen LogP contribution in [0, 0.1) is 0 Å². The van der Waals surface area contributed by atoms with Gasteiger partial charge < -0.3 is 0 Å². The number of para-hydroxylation sites is 1. The third-order valence-corrected chi connectivity index (χ3v) is 3.55. The van der Waals surface area contributed by atoms with Gasteiger partial charge in [0.1, 0.15) is 0 Å². The van der Waals surface area contributed by atoms with Crippen LogP contribution in [0.2, 0.25) is 0 Å². The summed E-state index contributed by atoms with van der Waals surface area (Å²) in [6.07, 6.45) is 0. The molecule has 1 unspecified atom stereocenters. The molecule has 2 rings (SSSR count). The Morgan fingerprint density at radius 3 is 2.50 bits per heavy atom. The molecule has 0 bridgehead atoms. The number of benzene rings is 1. The fourth-order valence-corrected chi connectivity index (χ4v) is 2.79. The Morgan fingerprint density at radius 1 is 1.35 bits per heavy atom. The van der Waals surface area contributed by atoms with E-state index in [-0.39, 0.29) is 5.57 Å². The maximum absolute atomic E-state index is 12.1. The van der Waals surface area contributed by atoms with Crippen LogP contribution < -0.4 is 10.6 Å². The molecule has 1 N–H and O–H groups in total. The zero-order valence-corrected chi connectivity index (χ0v) is 11.5. The lowest BCUT2D eigenvalue weighted by molar-refractivity contribution is -0.141. The van der Waals surface area contributed by atoms with Crippen molar-refractivity contribution in [3.05, 3.63) is 34.8 Å². The second kappa shape index (κ2) is 4.58. The maximum atomic E-state index is 12.1. The number of Topliss-reactive ketones (excluding diaryl/α,β-unsaturated/α-hetero) is 1. The van der Waals surface area contributed by atoms with E-state index in [1.54, 1.807) is 24.3 Å². The smallest absolute Gasteiger partial charge is 0.296 e. The zero-order chi connectivity index (χ0) is 15.1. The maximum Gasteiger partial charge on any atom is 0.399 e. The van der Waals surface area contributed by atoms with Crippen molar-refractivity contribution < 1.29 is 26.7 Å². The van der Waals surface area contributed by atoms with Crippen molar-refractivity contribution in [3.8, 4) is 0 Å². The van der Waals surface area contributed by atoms with Crippen molar-refractivity contribution in [1.29, 1.82) is 0 Å². The van der Waals surface area contributed by atoms with Gasteiger partial charge in [-0.05, 0) is 25.5 Å². The van der Waals surface area contributed by atoms with E-state index in [1.165, 1.54) is 6.92 Å². The molecular weight excluding hydrogens is 286 g/mol. The summed E-state index contributed by atoms with van der Waals surface area (Å²) in [6.45, 7) is 2.38. The largest absolute Gasteiger partial charge is 0.399 e. The van der Waals surface area contributed by atoms with Crippen molar-refractivity contribution >= 4 is 27.7 Å². The van der Waals surface area contributed by atoms with Crippen LogP contribution in [0.25, 0.3) is 5.57 Å². The molecule has 1 atom stereocenters. The molecule has 0 fully saturated rings. The van der Waals surface area contributed by atoms with E-state index < -0.39 is 27.7 Å². The Kier molecular flexibility index (Phi) is 3.32. The van der Waals surface area contributed by atoms with Crippen molar-refractivity contribution in [2.75, 3.05) is 0 Å². The predicted molar refractivity (Wildman–Crippen MR) is 67.4 cm³/mol. The number of amides is 1. The Labute approximate surface area is 114 Å². The molecule has 1 aliphatic rings. The van der Waals surface area contributed by atoms with Crippen LogP contribution in [0.3, 0.4) is 0 Å². The molecule has 0 radical (unpaired) electrons. The summed E-state index contributed by atoms with van der Waals surface area (Å²) in [6, 6.07) is 6.42. The highest BCUT2D eigenvalue weighted by atomic mass is 32.3. The van der Waals surface area contributed by atoms with Gasteiger partial charge in [0.25, 0.3) is 5.91 Å². The number of carbonyl (C=O) groups is 2. The molecular formula is C12H11NO6S. The molecule has 0 spiro atoms. The fourth-order valence-electron chi connectivity index (χ4n) is 2.16. The molecule has 106 valence electrons. The number of hydrogen-bond donors (Lipinski definition) is 1. The van der Waals surface area contributed by atoms with Crippen LogP contribution in [0.1, 0.15) is 13.8 Å². The normalized spacial score (nSPS) is 22.1. The van der Waals surface area contributed by atoms with Gasteiger partial charge in [0.15, 0.2) is 5.78 Å². The predicted octanol–water partition coefficient (Wildman–Crippen LogP) is -0.836. The first-order valence-corrected chi connectivity index (χ1v) is 6.93. The summed E-state index contributed by atoms with van der Waals surface area (Å²) in [5.41, 5.74) is -2.37. The summed E-state index contributed by atoms with van der Waals surface area (Å²) < 4.78 is 35.2. The molecule has 1 aromatic carbocycles. The second-order valence-electron chi connectivity index (χ2n) is 4.31. The molecule has 8 heteroatoms. The number of nitrogens with zero attached hydrogens (tertiary/aromatic N) is 1. The average molecular weight is 297 g/mol. The van der Waals surface area contributed by atoms with Gasteiger partial charge in [0.2, 0.25) is 5.60 Å². The number of hydrogen-bond acceptors (Lipinski definition) is 5. The highest BCUT2D eigenvalue weighted by Crippen LogP contribution is 2.28. The molecule has 7 nitrogen and oxygen atoms in total. The SMILES string of the molecule is CC(=O)C1(OS(=O)(=O)O)C(=O)N=c2ccccc2=C1C. The van der Waals surface area contributed by atoms with Crippen molar-refractivity contribution in [2.24, 2.45) is 4.99 Å². The summed E-state index contributed by atoms with van der Waals surface area (Å²) in [7, 11) is -5.02. The van der Waals surface area contributed by atoms with Crippen molar-refractivity contribution in [3.63, 3.8) is 0 Å². The van der Waals surface area contributed by atoms with E-state index >= 15 is 0 Å². The fraction of sp³-hybridized carbons (Fsp3) is 0.250. The molecule has 1 aromatic rings. The van der Waals surface area contributed by atoms with Gasteiger partial charge in [-0.15, -0.1) is 0 Å². The van der Waals surface area contributed by atoms with E-state index in [9.17, 15) is 18.0 Å². The van der Waals surface area contributed by atoms with E-state index in [2.05, 4.69) is 9.18 Å². The Bertz CT molecular complexity index is 826. The summed E-state index contributed by atoms with van der Waals surface area (Å²) in [4.78, 5) is 27.6. The lowest BCUT2D eigenvalue weighted by Gasteiger charge is -2.28. The zero-order valence-electron chi connectivity index (χ0n) is 10.7. The molecule has 1 heterocycles. The highest BCUT2D eigenvalue weighted by Gasteiger charge is 2.51. The number of ketones is 1. The molecule has 0 saturated carbocycles. The van der Waals surface area contributed by atoms with Crippen LogP contribution in [0.15, 0.2) is 29.3 Å². The number of carbonyl (C=O) groups excluding carboxylic acids is 2. The highest BCUT2D eigenvalue weighted by molar-refractivity contribution is 7.81. The first-order chi connectivity index (χ1) is 9.18. The minimum Gasteiger partial charge on any atom is -0.296 e. The Balaban J connectivity index is 2.88. The van der Waals surface area contributed by atoms with Crippen molar-refractivity contribution in [2.45, 2.75) is 19.4 Å². The van der Waals surface area contributed by atoms with E-state index in [0.717, 1.165) is 6.92 Å². The minimum atomic E-state index is -5.02. The standard InChI is InChI=1S/C12H11NO6S/c1-7-9-5-3-4-6-10(9)13-11(15)12(7,8(2)14)19-20(16,17)18/h3-6H,1-2H3,(H,16,17,18). The third kappa shape index (κ3) is 2.17. The van der Waals surface area contributed by atoms with Gasteiger partial charge in [0, 0.05) is 5.22 Å². The summed E-state index contributed by atoms with van der Waals surface area (Å²) in [5.74, 6) is -1.96. The Morgan fingerprint density at radius 2 is 1.95 bits per heavy atom. The molecule has 0 saturated heterocycles. The van der Waals surface area contributed by atoms with Crippen LogP contribution in [0.5, 0.6) is 0 Å². The van der Waals surface area contributed by atoms with E-state index in [4.69, 9.17) is 4.55 Å². The average Bonchev–Trinajstić information content (AvgIpc) is 2.33. The lowest BCUT2D eigenvalue weighted by atomic mass is 9.86. The molecule has 0 aliphatic carbocycles. The quantitative estimate of drug-likeness (QED) is 0.575. The van der Waals surface area contributed by atoms with Gasteiger partial charge in [-0.2, -0.15) is 8.42 Å². The molecule has 20 heavy (non-hydrogen) atoms. The van der Waals surface area contributed by atoms with Gasteiger partial charge in [-0.1, -0.05) is 18.2 Å². The van der Waals surface area contributed by atoms with Crippen LogP contribution in [-0.2, 0) is 24.2 Å². The van der Waals surface area contributed by atoms with E-state index in [1.807, 2.05) is 0 Å². The lowest BCUT2D eigenvalue weighted by Crippen LogP contribution is -2.55. The van der Waals surface area contributed by atoms with Crippen LogP contribution in [0.4, 0.5) is 0 Å². The molecule has 0 aromatic heterocycles. The topological polar surface area (TPSA) is 110 Å². The third-order valence-electron chi connectivity index (χ3n) is 3.09. The first-order valence-electron chi connectivity index (χ1n) is 5.57.